The summed E-state index contributed by atoms with van der Waals surface area (Å²) in [5.74, 6) is 0.160. The van der Waals surface area contributed by atoms with Gasteiger partial charge >= 0.3 is 0 Å². The van der Waals surface area contributed by atoms with Crippen LogP contribution in [0.2, 0.25) is 10.0 Å². The topological polar surface area (TPSA) is 32.3 Å². The summed E-state index contributed by atoms with van der Waals surface area (Å²) in [5, 5.41) is 4.54. The molecule has 138 valence electrons. The molecule has 1 aliphatic rings. The number of hydrogen-bond acceptors (Lipinski definition) is 2. The first kappa shape index (κ1) is 19.2. The lowest BCUT2D eigenvalue weighted by atomic mass is 9.71. The Labute approximate surface area is 165 Å². The van der Waals surface area contributed by atoms with Crippen molar-refractivity contribution in [3.8, 4) is 0 Å². The number of hydrogen-bond donors (Lipinski definition) is 1. The molecule has 0 aromatic heterocycles. The summed E-state index contributed by atoms with van der Waals surface area (Å²) < 4.78 is 0. The third kappa shape index (κ3) is 3.62. The van der Waals surface area contributed by atoms with Crippen molar-refractivity contribution in [2.24, 2.45) is 5.41 Å². The van der Waals surface area contributed by atoms with Gasteiger partial charge in [-0.05, 0) is 87.3 Å². The molecule has 1 N–H and O–H groups in total. The van der Waals surface area contributed by atoms with Crippen molar-refractivity contribution in [3.63, 3.8) is 0 Å². The summed E-state index contributed by atoms with van der Waals surface area (Å²) in [6.45, 7) is 3.01. The number of amides is 1. The minimum atomic E-state index is -0.409. The summed E-state index contributed by atoms with van der Waals surface area (Å²) in [4.78, 5) is 15.5. The lowest BCUT2D eigenvalue weighted by Gasteiger charge is -2.42. The van der Waals surface area contributed by atoms with Gasteiger partial charge in [0, 0.05) is 15.7 Å². The van der Waals surface area contributed by atoms with Crippen molar-refractivity contribution in [1.82, 2.24) is 5.32 Å². The normalized spacial score (nSPS) is 19.5. The highest BCUT2D eigenvalue weighted by molar-refractivity contribution is 6.31. The molecule has 1 heterocycles. The maximum Gasteiger partial charge on any atom is 0.238 e. The molecule has 0 spiro atoms. The molecular weight excluding hydrogens is 367 g/mol. The van der Waals surface area contributed by atoms with Crippen LogP contribution in [0.3, 0.4) is 0 Å². The molecule has 0 radical (unpaired) electrons. The number of nitrogens with one attached hydrogen (secondary N) is 1. The first-order valence-electron chi connectivity index (χ1n) is 9.04. The average Bonchev–Trinajstić information content (AvgIpc) is 2.63. The van der Waals surface area contributed by atoms with Gasteiger partial charge in [-0.3, -0.25) is 9.69 Å². The van der Waals surface area contributed by atoms with Gasteiger partial charge < -0.3 is 5.32 Å². The van der Waals surface area contributed by atoms with Crippen LogP contribution in [-0.2, 0) is 11.2 Å². The molecule has 0 saturated heterocycles. The fourth-order valence-electron chi connectivity index (χ4n) is 3.80. The molecule has 26 heavy (non-hydrogen) atoms. The molecule has 5 heteroatoms. The second-order valence-corrected chi connectivity index (χ2v) is 7.78. The van der Waals surface area contributed by atoms with E-state index in [1.807, 2.05) is 54.4 Å². The molecule has 1 amide bonds. The van der Waals surface area contributed by atoms with E-state index in [0.717, 1.165) is 49.2 Å². The summed E-state index contributed by atoms with van der Waals surface area (Å²) in [5.41, 5.74) is 2.47. The zero-order chi connectivity index (χ0) is 18.7. The van der Waals surface area contributed by atoms with Crippen LogP contribution in [0.4, 0.5) is 11.4 Å². The zero-order valence-electron chi connectivity index (χ0n) is 15.2. The molecule has 0 saturated carbocycles. The first-order valence-corrected chi connectivity index (χ1v) is 9.79. The number of rotatable bonds is 6. The molecule has 0 bridgehead atoms. The largest absolute Gasteiger partial charge is 0.320 e. The van der Waals surface area contributed by atoms with Gasteiger partial charge in [0.1, 0.15) is 0 Å². The predicted octanol–water partition coefficient (Wildman–Crippen LogP) is 5.61. The lowest BCUT2D eigenvalue weighted by Crippen LogP contribution is -2.47. The Balaban J connectivity index is 2.09. The van der Waals surface area contributed by atoms with Gasteiger partial charge in [0.15, 0.2) is 0 Å². The number of fused-ring (bicyclic) bond motifs is 1. The van der Waals surface area contributed by atoms with E-state index in [4.69, 9.17) is 23.2 Å². The van der Waals surface area contributed by atoms with Crippen LogP contribution in [0.5, 0.6) is 0 Å². The SMILES string of the molecule is CCC1(CCCNC)Cc2cc(Cl)ccc2N(c2ccc(Cl)cc2)C1=O. The number of carbonyl (C=O) groups is 1. The molecule has 3 nitrogen and oxygen atoms in total. The summed E-state index contributed by atoms with van der Waals surface area (Å²) >= 11 is 12.3. The van der Waals surface area contributed by atoms with Crippen LogP contribution < -0.4 is 10.2 Å². The van der Waals surface area contributed by atoms with Crippen molar-refractivity contribution >= 4 is 40.5 Å². The zero-order valence-corrected chi connectivity index (χ0v) is 16.7. The molecule has 2 aromatic carbocycles. The van der Waals surface area contributed by atoms with Gasteiger partial charge in [-0.15, -0.1) is 0 Å². The quantitative estimate of drug-likeness (QED) is 0.649. The van der Waals surface area contributed by atoms with Gasteiger partial charge in [0.05, 0.1) is 11.1 Å². The molecule has 3 rings (SSSR count). The Bertz CT molecular complexity index is 791. The maximum atomic E-state index is 13.6. The molecule has 1 atom stereocenters. The van der Waals surface area contributed by atoms with Gasteiger partial charge in [-0.25, -0.2) is 0 Å². The third-order valence-corrected chi connectivity index (χ3v) is 5.80. The Morgan fingerprint density at radius 2 is 1.81 bits per heavy atom. The van der Waals surface area contributed by atoms with Gasteiger partial charge in [-0.1, -0.05) is 30.1 Å². The average molecular weight is 391 g/mol. The Hall–Kier alpha value is -1.55. The number of nitrogens with zero attached hydrogens (tertiary/aromatic N) is 1. The number of anilines is 2. The summed E-state index contributed by atoms with van der Waals surface area (Å²) in [6, 6.07) is 13.2. The highest BCUT2D eigenvalue weighted by Crippen LogP contribution is 2.46. The second-order valence-electron chi connectivity index (χ2n) is 6.91. The molecule has 0 aliphatic carbocycles. The van der Waals surface area contributed by atoms with Crippen LogP contribution in [0, 0.1) is 5.41 Å². The third-order valence-electron chi connectivity index (χ3n) is 5.31. The molecular formula is C21H24Cl2N2O. The summed E-state index contributed by atoms with van der Waals surface area (Å²) in [7, 11) is 1.94. The van der Waals surface area contributed by atoms with Crippen LogP contribution in [0.25, 0.3) is 0 Å². The van der Waals surface area contributed by atoms with Crippen LogP contribution in [0.1, 0.15) is 31.7 Å². The first-order chi connectivity index (χ1) is 12.5. The van der Waals surface area contributed by atoms with Gasteiger partial charge in [0.25, 0.3) is 0 Å². The number of benzene rings is 2. The van der Waals surface area contributed by atoms with E-state index in [1.165, 1.54) is 0 Å². The number of carbonyl (C=O) groups excluding carboxylic acids is 1. The van der Waals surface area contributed by atoms with E-state index in [2.05, 4.69) is 12.2 Å². The second kappa shape index (κ2) is 7.99. The highest BCUT2D eigenvalue weighted by Gasteiger charge is 2.44. The van der Waals surface area contributed by atoms with Crippen molar-refractivity contribution in [3.05, 3.63) is 58.1 Å². The van der Waals surface area contributed by atoms with Crippen LogP contribution in [-0.4, -0.2) is 19.5 Å². The van der Waals surface area contributed by atoms with Gasteiger partial charge in [-0.2, -0.15) is 0 Å². The smallest absolute Gasteiger partial charge is 0.238 e. The van der Waals surface area contributed by atoms with Crippen molar-refractivity contribution < 1.29 is 4.79 Å². The van der Waals surface area contributed by atoms with Crippen LogP contribution >= 0.6 is 23.2 Å². The van der Waals surface area contributed by atoms with E-state index in [1.54, 1.807) is 0 Å². The van der Waals surface area contributed by atoms with Crippen LogP contribution in [0.15, 0.2) is 42.5 Å². The molecule has 1 unspecified atom stereocenters. The van der Waals surface area contributed by atoms with Gasteiger partial charge in [0.2, 0.25) is 5.91 Å². The van der Waals surface area contributed by atoms with E-state index >= 15 is 0 Å². The molecule has 2 aromatic rings. The molecule has 0 fully saturated rings. The predicted molar refractivity (Wildman–Crippen MR) is 110 cm³/mol. The minimum absolute atomic E-state index is 0.160. The van der Waals surface area contributed by atoms with E-state index in [9.17, 15) is 4.79 Å². The number of halogens is 2. The van der Waals surface area contributed by atoms with E-state index in [-0.39, 0.29) is 5.91 Å². The van der Waals surface area contributed by atoms with Crippen molar-refractivity contribution in [2.45, 2.75) is 32.6 Å². The summed E-state index contributed by atoms with van der Waals surface area (Å²) in [6.07, 6.45) is 3.33. The maximum absolute atomic E-state index is 13.6. The molecule has 1 aliphatic heterocycles. The Morgan fingerprint density at radius 1 is 1.12 bits per heavy atom. The Morgan fingerprint density at radius 3 is 2.46 bits per heavy atom. The standard InChI is InChI=1S/C21H24Cl2N2O/c1-3-21(11-4-12-24-2)14-15-13-17(23)7-10-19(15)25(20(21)26)18-8-5-16(22)6-9-18/h5-10,13,24H,3-4,11-12,14H2,1-2H3. The highest BCUT2D eigenvalue weighted by atomic mass is 35.5. The fraction of sp³-hybridized carbons (Fsp3) is 0.381. The van der Waals surface area contributed by atoms with E-state index < -0.39 is 5.41 Å². The van der Waals surface area contributed by atoms with E-state index in [0.29, 0.717) is 10.0 Å². The van der Waals surface area contributed by atoms with Crippen molar-refractivity contribution in [1.29, 1.82) is 0 Å². The fourth-order valence-corrected chi connectivity index (χ4v) is 4.12. The Kier molecular flexibility index (Phi) is 5.91. The monoisotopic (exact) mass is 390 g/mol. The lowest BCUT2D eigenvalue weighted by molar-refractivity contribution is -0.128. The minimum Gasteiger partial charge on any atom is -0.320 e. The van der Waals surface area contributed by atoms with Crippen molar-refractivity contribution in [2.75, 3.05) is 18.5 Å².